The topological polar surface area (TPSA) is 80.1 Å². The Balaban J connectivity index is 1.69. The van der Waals surface area contributed by atoms with Crippen molar-refractivity contribution in [3.8, 4) is 0 Å². The molecule has 1 aliphatic heterocycles. The van der Waals surface area contributed by atoms with Gasteiger partial charge in [0.05, 0.1) is 30.2 Å². The maximum Gasteiger partial charge on any atom is 0.150 e. The molecule has 0 amide bonds. The first-order valence-corrected chi connectivity index (χ1v) is 6.29. The highest BCUT2D eigenvalue weighted by atomic mass is 16.5. The van der Waals surface area contributed by atoms with Crippen LogP contribution >= 0.6 is 0 Å². The molecule has 2 atom stereocenters. The van der Waals surface area contributed by atoms with E-state index in [0.29, 0.717) is 0 Å². The molecule has 7 heteroatoms. The van der Waals surface area contributed by atoms with Crippen LogP contribution in [0.2, 0.25) is 0 Å². The Morgan fingerprint density at radius 1 is 1.53 bits per heavy atom. The third-order valence-corrected chi connectivity index (χ3v) is 3.51. The van der Waals surface area contributed by atoms with Crippen molar-refractivity contribution in [2.24, 2.45) is 0 Å². The van der Waals surface area contributed by atoms with Gasteiger partial charge in [0.2, 0.25) is 0 Å². The first kappa shape index (κ1) is 12.3. The SMILES string of the molecule is CO[C@@H]1CN(Cc2cc(C)no2)C[C@H]1c1cn[nH]n1. The summed E-state index contributed by atoms with van der Waals surface area (Å²) >= 11 is 0. The Morgan fingerprint density at radius 3 is 3.05 bits per heavy atom. The minimum atomic E-state index is 0.133. The third-order valence-electron chi connectivity index (χ3n) is 3.51. The number of methoxy groups -OCH3 is 1. The molecule has 19 heavy (non-hydrogen) atoms. The number of aromatic amines is 1. The van der Waals surface area contributed by atoms with Gasteiger partial charge in [-0.15, -0.1) is 0 Å². The number of nitrogens with zero attached hydrogens (tertiary/aromatic N) is 4. The van der Waals surface area contributed by atoms with Crippen LogP contribution in [0.1, 0.15) is 23.1 Å². The highest BCUT2D eigenvalue weighted by Gasteiger charge is 2.35. The van der Waals surface area contributed by atoms with Crippen molar-refractivity contribution in [2.75, 3.05) is 20.2 Å². The van der Waals surface area contributed by atoms with Gasteiger partial charge < -0.3 is 9.26 Å². The summed E-state index contributed by atoms with van der Waals surface area (Å²) in [6, 6.07) is 1.96. The van der Waals surface area contributed by atoms with Crippen LogP contribution in [-0.4, -0.2) is 51.8 Å². The van der Waals surface area contributed by atoms with Crippen LogP contribution in [-0.2, 0) is 11.3 Å². The molecule has 102 valence electrons. The molecule has 1 aliphatic rings. The molecule has 0 spiro atoms. The molecule has 0 bridgehead atoms. The summed E-state index contributed by atoms with van der Waals surface area (Å²) in [6.07, 6.45) is 1.90. The molecule has 0 unspecified atom stereocenters. The lowest BCUT2D eigenvalue weighted by atomic mass is 10.0. The lowest BCUT2D eigenvalue weighted by molar-refractivity contribution is 0.0948. The molecule has 3 heterocycles. The Morgan fingerprint density at radius 2 is 2.42 bits per heavy atom. The molecule has 1 N–H and O–H groups in total. The first-order chi connectivity index (χ1) is 9.26. The van der Waals surface area contributed by atoms with E-state index in [1.807, 2.05) is 13.0 Å². The smallest absolute Gasteiger partial charge is 0.150 e. The Hall–Kier alpha value is -1.73. The van der Waals surface area contributed by atoms with Crippen LogP contribution in [0.25, 0.3) is 0 Å². The molecule has 0 aliphatic carbocycles. The largest absolute Gasteiger partial charge is 0.379 e. The Kier molecular flexibility index (Phi) is 3.31. The maximum absolute atomic E-state index is 5.55. The van der Waals surface area contributed by atoms with E-state index < -0.39 is 0 Å². The van der Waals surface area contributed by atoms with Crippen molar-refractivity contribution in [1.29, 1.82) is 0 Å². The molecule has 0 aromatic carbocycles. The van der Waals surface area contributed by atoms with Crippen molar-refractivity contribution in [1.82, 2.24) is 25.5 Å². The highest BCUT2D eigenvalue weighted by molar-refractivity contribution is 5.11. The molecule has 7 nitrogen and oxygen atoms in total. The second-order valence-electron chi connectivity index (χ2n) is 4.90. The van der Waals surface area contributed by atoms with E-state index in [9.17, 15) is 0 Å². The van der Waals surface area contributed by atoms with Gasteiger partial charge in [-0.2, -0.15) is 15.4 Å². The van der Waals surface area contributed by atoms with Gasteiger partial charge in [0, 0.05) is 32.2 Å². The maximum atomic E-state index is 5.55. The van der Waals surface area contributed by atoms with Crippen LogP contribution in [0.5, 0.6) is 0 Å². The lowest BCUT2D eigenvalue weighted by Gasteiger charge is -2.13. The molecule has 0 saturated carbocycles. The summed E-state index contributed by atoms with van der Waals surface area (Å²) in [5.41, 5.74) is 1.86. The van der Waals surface area contributed by atoms with Crippen LogP contribution in [0.4, 0.5) is 0 Å². The van der Waals surface area contributed by atoms with E-state index in [1.165, 1.54) is 0 Å². The average molecular weight is 263 g/mol. The number of H-pyrrole nitrogens is 1. The number of nitrogens with one attached hydrogen (secondary N) is 1. The number of rotatable bonds is 4. The van der Waals surface area contributed by atoms with Gasteiger partial charge in [0.15, 0.2) is 5.76 Å². The van der Waals surface area contributed by atoms with Gasteiger partial charge in [-0.25, -0.2) is 0 Å². The summed E-state index contributed by atoms with van der Waals surface area (Å²) in [5.74, 6) is 1.13. The second-order valence-corrected chi connectivity index (χ2v) is 4.90. The van der Waals surface area contributed by atoms with Crippen molar-refractivity contribution >= 4 is 0 Å². The normalized spacial score (nSPS) is 24.1. The van der Waals surface area contributed by atoms with Gasteiger partial charge in [0.1, 0.15) is 0 Å². The molecule has 2 aromatic rings. The summed E-state index contributed by atoms with van der Waals surface area (Å²) < 4.78 is 10.8. The van der Waals surface area contributed by atoms with Gasteiger partial charge in [0.25, 0.3) is 0 Å². The molecular formula is C12H17N5O2. The molecule has 3 rings (SSSR count). The zero-order chi connectivity index (χ0) is 13.2. The Bertz CT molecular complexity index is 524. The fourth-order valence-electron chi connectivity index (χ4n) is 2.60. The predicted molar refractivity (Wildman–Crippen MR) is 66.4 cm³/mol. The highest BCUT2D eigenvalue weighted by Crippen LogP contribution is 2.28. The van der Waals surface area contributed by atoms with E-state index in [4.69, 9.17) is 9.26 Å². The summed E-state index contributed by atoms with van der Waals surface area (Å²) in [7, 11) is 1.74. The number of ether oxygens (including phenoxy) is 1. The fourth-order valence-corrected chi connectivity index (χ4v) is 2.60. The first-order valence-electron chi connectivity index (χ1n) is 6.29. The van der Waals surface area contributed by atoms with E-state index in [2.05, 4.69) is 25.5 Å². The Labute approximate surface area is 110 Å². The van der Waals surface area contributed by atoms with E-state index in [-0.39, 0.29) is 12.0 Å². The fraction of sp³-hybridized carbons (Fsp3) is 0.583. The number of likely N-dealkylation sites (tertiary alicyclic amines) is 1. The minimum Gasteiger partial charge on any atom is -0.379 e. The molecule has 1 fully saturated rings. The number of aromatic nitrogens is 4. The van der Waals surface area contributed by atoms with Crippen LogP contribution in [0.3, 0.4) is 0 Å². The summed E-state index contributed by atoms with van der Waals surface area (Å²) in [6.45, 7) is 4.40. The van der Waals surface area contributed by atoms with Crippen LogP contribution in [0, 0.1) is 6.92 Å². The van der Waals surface area contributed by atoms with E-state index >= 15 is 0 Å². The van der Waals surface area contributed by atoms with Gasteiger partial charge >= 0.3 is 0 Å². The van der Waals surface area contributed by atoms with Gasteiger partial charge in [-0.05, 0) is 6.92 Å². The third kappa shape index (κ3) is 2.52. The number of aryl methyl sites for hydroxylation is 1. The summed E-state index contributed by atoms with van der Waals surface area (Å²) in [4.78, 5) is 2.29. The monoisotopic (exact) mass is 263 g/mol. The average Bonchev–Trinajstić information content (AvgIpc) is 3.10. The van der Waals surface area contributed by atoms with Crippen LogP contribution < -0.4 is 0 Å². The van der Waals surface area contributed by atoms with Crippen molar-refractivity contribution in [3.63, 3.8) is 0 Å². The second kappa shape index (κ2) is 5.10. The zero-order valence-corrected chi connectivity index (χ0v) is 11.0. The van der Waals surface area contributed by atoms with Gasteiger partial charge in [-0.3, -0.25) is 4.90 Å². The molecule has 0 radical (unpaired) electrons. The summed E-state index contributed by atoms with van der Waals surface area (Å²) in [5, 5.41) is 14.6. The van der Waals surface area contributed by atoms with Crippen molar-refractivity contribution < 1.29 is 9.26 Å². The number of hydrogen-bond donors (Lipinski definition) is 1. The molecular weight excluding hydrogens is 246 g/mol. The predicted octanol–water partition coefficient (Wildman–Crippen LogP) is 0.716. The standard InChI is InChI=1S/C12H17N5O2/c1-8-3-9(19-15-8)5-17-6-10(12(7-17)18-2)11-4-13-16-14-11/h3-4,10,12H,5-7H2,1-2H3,(H,13,14,16)/t10-,12+/m0/s1. The van der Waals surface area contributed by atoms with E-state index in [0.717, 1.165) is 36.8 Å². The molecule has 2 aromatic heterocycles. The minimum absolute atomic E-state index is 0.133. The molecule has 1 saturated heterocycles. The lowest BCUT2D eigenvalue weighted by Crippen LogP contribution is -2.22. The van der Waals surface area contributed by atoms with Crippen LogP contribution in [0.15, 0.2) is 16.8 Å². The number of hydrogen-bond acceptors (Lipinski definition) is 6. The quantitative estimate of drug-likeness (QED) is 0.875. The van der Waals surface area contributed by atoms with Crippen molar-refractivity contribution in [3.05, 3.63) is 29.4 Å². The van der Waals surface area contributed by atoms with Crippen molar-refractivity contribution in [2.45, 2.75) is 25.5 Å². The van der Waals surface area contributed by atoms with E-state index in [1.54, 1.807) is 13.3 Å². The zero-order valence-electron chi connectivity index (χ0n) is 11.0. The van der Waals surface area contributed by atoms with Gasteiger partial charge in [-0.1, -0.05) is 5.16 Å².